The molecule has 0 saturated carbocycles. The first-order valence-corrected chi connectivity index (χ1v) is 15.7. The maximum Gasteiger partial charge on any atom is 0.339 e. The number of halogens is 1. The third-order valence-electron chi connectivity index (χ3n) is 8.07. The molecule has 0 radical (unpaired) electrons. The molecule has 1 heterocycles. The van der Waals surface area contributed by atoms with Crippen molar-refractivity contribution in [2.45, 2.75) is 39.5 Å². The van der Waals surface area contributed by atoms with Gasteiger partial charge in [0, 0.05) is 23.1 Å². The number of nitrogens with one attached hydrogen (secondary N) is 1. The number of carbonyl (C=O) groups is 3. The van der Waals surface area contributed by atoms with Gasteiger partial charge in [0.1, 0.15) is 11.3 Å². The minimum Gasteiger partial charge on any atom is -0.496 e. The first-order chi connectivity index (χ1) is 21.7. The van der Waals surface area contributed by atoms with Gasteiger partial charge in [-0.25, -0.2) is 4.79 Å². The topological polar surface area (TPSA) is 99.2 Å². The number of carboxylic acids is 1. The lowest BCUT2D eigenvalue weighted by molar-refractivity contribution is -0.120. The van der Waals surface area contributed by atoms with Gasteiger partial charge in [-0.1, -0.05) is 64.5 Å². The number of hydrogen-bond acceptors (Lipinski definition) is 6. The van der Waals surface area contributed by atoms with Crippen molar-refractivity contribution in [3.63, 3.8) is 0 Å². The van der Waals surface area contributed by atoms with Gasteiger partial charge in [0.15, 0.2) is 5.78 Å². The van der Waals surface area contributed by atoms with Crippen LogP contribution < -0.4 is 20.1 Å². The first-order valence-electron chi connectivity index (χ1n) is 14.9. The molecule has 1 aliphatic heterocycles. The van der Waals surface area contributed by atoms with Crippen molar-refractivity contribution in [2.75, 3.05) is 30.1 Å². The van der Waals surface area contributed by atoms with Crippen LogP contribution in [-0.2, 0) is 11.2 Å². The number of hydrazine groups is 1. The highest BCUT2D eigenvalue weighted by molar-refractivity contribution is 9.10. The number of piperidine rings is 1. The molecule has 1 fully saturated rings. The second-order valence-electron chi connectivity index (χ2n) is 11.2. The molecular weight excluding hydrogens is 634 g/mol. The van der Waals surface area contributed by atoms with Crippen molar-refractivity contribution >= 4 is 50.7 Å². The number of methoxy groups -OCH3 is 1. The lowest BCUT2D eigenvalue weighted by Gasteiger charge is -2.35. The van der Waals surface area contributed by atoms with Crippen LogP contribution in [0.4, 0.5) is 17.1 Å². The Morgan fingerprint density at radius 2 is 1.58 bits per heavy atom. The van der Waals surface area contributed by atoms with Crippen LogP contribution in [0.25, 0.3) is 11.1 Å². The number of Topliss-reactive ketones (excluding diaryl/α,β-unsaturated/α-hetero) is 1. The van der Waals surface area contributed by atoms with Crippen LogP contribution in [0.3, 0.4) is 0 Å². The number of ketones is 1. The van der Waals surface area contributed by atoms with Crippen LogP contribution in [0.5, 0.6) is 5.75 Å². The average molecular weight is 671 g/mol. The Labute approximate surface area is 271 Å². The fourth-order valence-corrected chi connectivity index (χ4v) is 6.16. The normalized spacial score (nSPS) is 12.8. The van der Waals surface area contributed by atoms with Gasteiger partial charge in [0.25, 0.3) is 0 Å². The number of aryl methyl sites for hydroxylation is 1. The minimum absolute atomic E-state index is 0.0114. The number of para-hydroxylation sites is 1. The van der Waals surface area contributed by atoms with Gasteiger partial charge >= 0.3 is 5.97 Å². The van der Waals surface area contributed by atoms with Crippen LogP contribution in [0.1, 0.15) is 58.0 Å². The van der Waals surface area contributed by atoms with Gasteiger partial charge in [-0.3, -0.25) is 20.0 Å². The van der Waals surface area contributed by atoms with Crippen LogP contribution in [0.15, 0.2) is 83.3 Å². The van der Waals surface area contributed by atoms with E-state index in [1.54, 1.807) is 13.0 Å². The Morgan fingerprint density at radius 3 is 2.18 bits per heavy atom. The summed E-state index contributed by atoms with van der Waals surface area (Å²) in [6, 6.07) is 24.7. The van der Waals surface area contributed by atoms with Crippen LogP contribution in [0.2, 0.25) is 0 Å². The molecule has 2 N–H and O–H groups in total. The second-order valence-corrected chi connectivity index (χ2v) is 12.0. The van der Waals surface area contributed by atoms with Gasteiger partial charge in [0.05, 0.1) is 30.6 Å². The monoisotopic (exact) mass is 669 g/mol. The Hall–Kier alpha value is -4.63. The number of ether oxygens (including phenoxy) is 1. The zero-order valence-electron chi connectivity index (χ0n) is 25.6. The van der Waals surface area contributed by atoms with Gasteiger partial charge < -0.3 is 14.7 Å². The van der Waals surface area contributed by atoms with Crippen molar-refractivity contribution < 1.29 is 24.2 Å². The fourth-order valence-electron chi connectivity index (χ4n) is 5.68. The summed E-state index contributed by atoms with van der Waals surface area (Å²) in [5.41, 5.74) is 10.1. The Bertz CT molecular complexity index is 1710. The zero-order valence-corrected chi connectivity index (χ0v) is 27.2. The van der Waals surface area contributed by atoms with E-state index in [0.717, 1.165) is 59.7 Å². The maximum absolute atomic E-state index is 13.7. The van der Waals surface area contributed by atoms with Crippen molar-refractivity contribution in [3.05, 3.63) is 106 Å². The third kappa shape index (κ3) is 7.20. The number of anilines is 3. The zero-order chi connectivity index (χ0) is 32.1. The molecular formula is C36H36BrN3O5. The Kier molecular flexibility index (Phi) is 9.88. The molecule has 9 heteroatoms. The molecule has 232 valence electrons. The molecule has 1 saturated heterocycles. The summed E-state index contributed by atoms with van der Waals surface area (Å²) in [6.45, 7) is 5.47. The SMILES string of the molecule is COc1cc(CC(=O)NN(c2ccc(-c3ccc(C(C)=O)cc3)cc2)c2c(C)cccc2N2CCCCC2)c(Br)cc1C(=O)O. The number of carbonyl (C=O) groups excluding carboxylic acids is 2. The molecule has 0 atom stereocenters. The number of hydrogen-bond donors (Lipinski definition) is 2. The second kappa shape index (κ2) is 14.0. The van der Waals surface area contributed by atoms with Gasteiger partial charge in [-0.15, -0.1) is 0 Å². The van der Waals surface area contributed by atoms with E-state index >= 15 is 0 Å². The Balaban J connectivity index is 1.51. The highest BCUT2D eigenvalue weighted by atomic mass is 79.9. The predicted octanol–water partition coefficient (Wildman–Crippen LogP) is 7.74. The van der Waals surface area contributed by atoms with E-state index in [0.29, 0.717) is 15.6 Å². The summed E-state index contributed by atoms with van der Waals surface area (Å²) in [5.74, 6) is -1.19. The molecule has 0 spiro atoms. The van der Waals surface area contributed by atoms with E-state index in [1.165, 1.54) is 19.6 Å². The number of amides is 1. The van der Waals surface area contributed by atoms with E-state index in [2.05, 4.69) is 32.3 Å². The standard InChI is InChI=1S/C36H36BrN3O5/c1-23-8-7-9-32(39-18-5-4-6-19-39)35(23)40(29-16-14-27(15-17-29)26-12-10-25(11-13-26)24(2)41)38-34(42)21-28-20-33(45-3)30(36(43)44)22-31(28)37/h7-17,20,22H,4-6,18-19,21H2,1-3H3,(H,38,42)(H,43,44). The van der Waals surface area contributed by atoms with E-state index in [4.69, 9.17) is 4.74 Å². The molecule has 4 aromatic carbocycles. The average Bonchev–Trinajstić information content (AvgIpc) is 3.05. The molecule has 0 aromatic heterocycles. The highest BCUT2D eigenvalue weighted by Crippen LogP contribution is 2.38. The van der Waals surface area contributed by atoms with Gasteiger partial charge in [-0.05, 0) is 85.7 Å². The van der Waals surface area contributed by atoms with Crippen LogP contribution >= 0.6 is 15.9 Å². The largest absolute Gasteiger partial charge is 0.496 e. The lowest BCUT2D eigenvalue weighted by atomic mass is 10.0. The summed E-state index contributed by atoms with van der Waals surface area (Å²) in [6.07, 6.45) is 3.41. The number of nitrogens with zero attached hydrogens (tertiary/aromatic N) is 2. The summed E-state index contributed by atoms with van der Waals surface area (Å²) < 4.78 is 5.81. The molecule has 0 bridgehead atoms. The van der Waals surface area contributed by atoms with Crippen molar-refractivity contribution in [1.29, 1.82) is 0 Å². The molecule has 45 heavy (non-hydrogen) atoms. The smallest absolute Gasteiger partial charge is 0.339 e. The number of aromatic carboxylic acids is 1. The van der Waals surface area contributed by atoms with Gasteiger partial charge in [0.2, 0.25) is 5.91 Å². The first kappa shape index (κ1) is 31.8. The fraction of sp³-hybridized carbons (Fsp3) is 0.250. The highest BCUT2D eigenvalue weighted by Gasteiger charge is 2.24. The Morgan fingerprint density at radius 1 is 0.933 bits per heavy atom. The summed E-state index contributed by atoms with van der Waals surface area (Å²) in [4.78, 5) is 39.5. The van der Waals surface area contributed by atoms with E-state index < -0.39 is 5.97 Å². The molecule has 4 aromatic rings. The van der Waals surface area contributed by atoms with Crippen LogP contribution in [0, 0.1) is 6.92 Å². The molecule has 1 amide bonds. The molecule has 0 unspecified atom stereocenters. The summed E-state index contributed by atoms with van der Waals surface area (Å²) >= 11 is 3.44. The maximum atomic E-state index is 13.7. The molecule has 0 aliphatic carbocycles. The predicted molar refractivity (Wildman–Crippen MR) is 181 cm³/mol. The van der Waals surface area contributed by atoms with Crippen molar-refractivity contribution in [2.24, 2.45) is 0 Å². The van der Waals surface area contributed by atoms with E-state index in [1.807, 2.05) is 72.6 Å². The van der Waals surface area contributed by atoms with E-state index in [-0.39, 0.29) is 29.4 Å². The molecule has 8 nitrogen and oxygen atoms in total. The van der Waals surface area contributed by atoms with Crippen LogP contribution in [-0.4, -0.2) is 43.0 Å². The number of carboxylic acid groups (broad SMARTS) is 1. The summed E-state index contributed by atoms with van der Waals surface area (Å²) in [7, 11) is 1.41. The lowest BCUT2D eigenvalue weighted by Crippen LogP contribution is -2.41. The van der Waals surface area contributed by atoms with Gasteiger partial charge in [-0.2, -0.15) is 0 Å². The number of benzene rings is 4. The molecule has 5 rings (SSSR count). The number of rotatable bonds is 10. The summed E-state index contributed by atoms with van der Waals surface area (Å²) in [5, 5.41) is 11.4. The minimum atomic E-state index is -1.11. The molecule has 1 aliphatic rings. The van der Waals surface area contributed by atoms with E-state index in [9.17, 15) is 19.5 Å². The van der Waals surface area contributed by atoms with Crippen molar-refractivity contribution in [3.8, 4) is 16.9 Å². The van der Waals surface area contributed by atoms with Crippen molar-refractivity contribution in [1.82, 2.24) is 5.43 Å². The third-order valence-corrected chi connectivity index (χ3v) is 8.81. The quantitative estimate of drug-likeness (QED) is 0.132.